The van der Waals surface area contributed by atoms with Crippen LogP contribution in [0.1, 0.15) is 55.8 Å². The van der Waals surface area contributed by atoms with Gasteiger partial charge in [0.05, 0.1) is 12.2 Å². The standard InChI is InChI=1S/C25H26F2O4/c1-23(26,27)22(29)30-15-24-10-16-9-17(11-24)13-25(12-16,14-24)31-21(28)20-8-4-6-18-5-2-3-7-19(18)20/h2-8,16-17H,9-15H2,1H3. The van der Waals surface area contributed by atoms with Crippen LogP contribution >= 0.6 is 0 Å². The number of fused-ring (bicyclic) bond motifs is 1. The van der Waals surface area contributed by atoms with Crippen molar-refractivity contribution in [1.29, 1.82) is 0 Å². The molecule has 0 saturated heterocycles. The van der Waals surface area contributed by atoms with Gasteiger partial charge >= 0.3 is 17.9 Å². The lowest BCUT2D eigenvalue weighted by Gasteiger charge is -2.60. The van der Waals surface area contributed by atoms with E-state index in [0.717, 1.165) is 42.9 Å². The summed E-state index contributed by atoms with van der Waals surface area (Å²) in [5, 5.41) is 1.83. The van der Waals surface area contributed by atoms with E-state index in [1.807, 2.05) is 36.4 Å². The van der Waals surface area contributed by atoms with Crippen LogP contribution in [-0.2, 0) is 14.3 Å². The van der Waals surface area contributed by atoms with Crippen molar-refractivity contribution >= 4 is 22.7 Å². The van der Waals surface area contributed by atoms with Crippen LogP contribution in [0.4, 0.5) is 8.78 Å². The number of ether oxygens (including phenoxy) is 2. The summed E-state index contributed by atoms with van der Waals surface area (Å²) in [6.45, 7) is 0.526. The van der Waals surface area contributed by atoms with Gasteiger partial charge in [-0.3, -0.25) is 0 Å². The van der Waals surface area contributed by atoms with Gasteiger partial charge in [-0.1, -0.05) is 36.4 Å². The highest BCUT2D eigenvalue weighted by atomic mass is 19.3. The Labute approximate surface area is 179 Å². The molecule has 0 amide bonds. The fraction of sp³-hybridized carbons (Fsp3) is 0.520. The number of hydrogen-bond acceptors (Lipinski definition) is 4. The second-order valence-corrected chi connectivity index (χ2v) is 10.0. The van der Waals surface area contributed by atoms with E-state index in [1.54, 1.807) is 6.07 Å². The molecule has 0 aromatic heterocycles. The molecule has 2 atom stereocenters. The zero-order chi connectivity index (χ0) is 21.9. The monoisotopic (exact) mass is 428 g/mol. The van der Waals surface area contributed by atoms with Gasteiger partial charge in [0.2, 0.25) is 0 Å². The van der Waals surface area contributed by atoms with Crippen LogP contribution < -0.4 is 0 Å². The first-order valence-corrected chi connectivity index (χ1v) is 10.9. The van der Waals surface area contributed by atoms with Crippen LogP contribution in [0.25, 0.3) is 10.8 Å². The van der Waals surface area contributed by atoms with E-state index in [-0.39, 0.29) is 18.0 Å². The van der Waals surface area contributed by atoms with Gasteiger partial charge in [-0.2, -0.15) is 8.78 Å². The summed E-state index contributed by atoms with van der Waals surface area (Å²) in [5.41, 5.74) is -0.455. The lowest BCUT2D eigenvalue weighted by Crippen LogP contribution is -2.59. The van der Waals surface area contributed by atoms with Crippen molar-refractivity contribution in [2.24, 2.45) is 17.3 Å². The smallest absolute Gasteiger partial charge is 0.376 e. The van der Waals surface area contributed by atoms with Gasteiger partial charge in [-0.05, 0) is 67.2 Å². The highest BCUT2D eigenvalue weighted by Crippen LogP contribution is 2.63. The highest BCUT2D eigenvalue weighted by Gasteiger charge is 2.60. The SMILES string of the molecule is CC(F)(F)C(=O)OCC12CC3CC(C1)CC(OC(=O)c1cccc4ccccc14)(C3)C2. The summed E-state index contributed by atoms with van der Waals surface area (Å²) in [4.78, 5) is 24.9. The lowest BCUT2D eigenvalue weighted by atomic mass is 9.48. The quantitative estimate of drug-likeness (QED) is 0.588. The van der Waals surface area contributed by atoms with Crippen molar-refractivity contribution < 1.29 is 27.8 Å². The Bertz CT molecular complexity index is 1020. The largest absolute Gasteiger partial charge is 0.461 e. The second kappa shape index (κ2) is 7.01. The van der Waals surface area contributed by atoms with E-state index >= 15 is 0 Å². The Kier molecular flexibility index (Phi) is 4.61. The summed E-state index contributed by atoms with van der Waals surface area (Å²) >= 11 is 0. The van der Waals surface area contributed by atoms with Crippen molar-refractivity contribution in [3.05, 3.63) is 48.0 Å². The topological polar surface area (TPSA) is 52.6 Å². The summed E-state index contributed by atoms with van der Waals surface area (Å²) < 4.78 is 37.9. The van der Waals surface area contributed by atoms with Crippen LogP contribution in [0.3, 0.4) is 0 Å². The first-order valence-electron chi connectivity index (χ1n) is 10.9. The zero-order valence-electron chi connectivity index (χ0n) is 17.5. The minimum atomic E-state index is -3.50. The molecular weight excluding hydrogens is 402 g/mol. The van der Waals surface area contributed by atoms with Crippen molar-refractivity contribution in [3.8, 4) is 0 Å². The van der Waals surface area contributed by atoms with E-state index in [0.29, 0.717) is 30.7 Å². The lowest BCUT2D eigenvalue weighted by molar-refractivity contribution is -0.197. The maximum atomic E-state index is 13.3. The normalized spacial score (nSPS) is 31.6. The molecule has 164 valence electrons. The molecule has 4 aliphatic rings. The Morgan fingerprint density at radius 3 is 2.42 bits per heavy atom. The number of alkyl halides is 2. The number of carbonyl (C=O) groups is 2. The van der Waals surface area contributed by atoms with Crippen molar-refractivity contribution in [2.45, 2.75) is 57.0 Å². The molecule has 0 aliphatic heterocycles. The van der Waals surface area contributed by atoms with Gasteiger partial charge < -0.3 is 9.47 Å². The Morgan fingerprint density at radius 2 is 1.71 bits per heavy atom. The van der Waals surface area contributed by atoms with Crippen molar-refractivity contribution in [1.82, 2.24) is 0 Å². The van der Waals surface area contributed by atoms with Crippen LogP contribution in [-0.4, -0.2) is 30.1 Å². The molecule has 0 heterocycles. The number of esters is 2. The molecule has 0 radical (unpaired) electrons. The Balaban J connectivity index is 1.38. The molecule has 0 N–H and O–H groups in total. The van der Waals surface area contributed by atoms with Crippen LogP contribution in [0.5, 0.6) is 0 Å². The molecule has 2 unspecified atom stereocenters. The molecule has 4 saturated carbocycles. The molecule has 4 aliphatic carbocycles. The van der Waals surface area contributed by atoms with Crippen molar-refractivity contribution in [2.75, 3.05) is 6.61 Å². The highest BCUT2D eigenvalue weighted by molar-refractivity contribution is 6.04. The fourth-order valence-electron chi connectivity index (χ4n) is 6.65. The van der Waals surface area contributed by atoms with Crippen LogP contribution in [0, 0.1) is 17.3 Å². The predicted octanol–water partition coefficient (Wildman–Crippen LogP) is 5.53. The summed E-state index contributed by atoms with van der Waals surface area (Å²) in [5.74, 6) is -4.60. The van der Waals surface area contributed by atoms with Gasteiger partial charge in [0.1, 0.15) is 5.60 Å². The summed E-state index contributed by atoms with van der Waals surface area (Å²) in [6, 6.07) is 13.3. The van der Waals surface area contributed by atoms with Crippen LogP contribution in [0.2, 0.25) is 0 Å². The van der Waals surface area contributed by atoms with Crippen molar-refractivity contribution in [3.63, 3.8) is 0 Å². The molecule has 6 heteroatoms. The average Bonchev–Trinajstić information content (AvgIpc) is 2.69. The first kappa shape index (κ1) is 20.4. The maximum absolute atomic E-state index is 13.3. The molecule has 4 bridgehead atoms. The number of rotatable bonds is 5. The van der Waals surface area contributed by atoms with E-state index < -0.39 is 17.5 Å². The molecular formula is C25H26F2O4. The second-order valence-electron chi connectivity index (χ2n) is 10.0. The first-order chi connectivity index (χ1) is 14.7. The van der Waals surface area contributed by atoms with Gasteiger partial charge in [-0.25, -0.2) is 9.59 Å². The Morgan fingerprint density at radius 1 is 1.03 bits per heavy atom. The third-order valence-electron chi connectivity index (χ3n) is 7.32. The maximum Gasteiger partial charge on any atom is 0.376 e. The van der Waals surface area contributed by atoms with Gasteiger partial charge in [0, 0.05) is 12.3 Å². The van der Waals surface area contributed by atoms with Crippen LogP contribution in [0.15, 0.2) is 42.5 Å². The average molecular weight is 428 g/mol. The molecule has 4 nitrogen and oxygen atoms in total. The molecule has 2 aromatic rings. The third-order valence-corrected chi connectivity index (χ3v) is 7.32. The van der Waals surface area contributed by atoms with Gasteiger partial charge in [-0.15, -0.1) is 0 Å². The van der Waals surface area contributed by atoms with E-state index in [4.69, 9.17) is 9.47 Å². The number of hydrogen-bond donors (Lipinski definition) is 0. The van der Waals surface area contributed by atoms with E-state index in [1.165, 1.54) is 0 Å². The van der Waals surface area contributed by atoms with E-state index in [9.17, 15) is 18.4 Å². The summed E-state index contributed by atoms with van der Waals surface area (Å²) in [6.07, 6.45) is 4.87. The predicted molar refractivity (Wildman–Crippen MR) is 111 cm³/mol. The minimum absolute atomic E-state index is 0.0319. The number of carbonyl (C=O) groups excluding carboxylic acids is 2. The zero-order valence-corrected chi connectivity index (χ0v) is 17.5. The van der Waals surface area contributed by atoms with E-state index in [2.05, 4.69) is 0 Å². The van der Waals surface area contributed by atoms with Gasteiger partial charge in [0.15, 0.2) is 0 Å². The number of benzene rings is 2. The molecule has 6 rings (SSSR count). The molecule has 31 heavy (non-hydrogen) atoms. The molecule has 0 spiro atoms. The molecule has 4 fully saturated rings. The fourth-order valence-corrected chi connectivity index (χ4v) is 6.65. The number of halogens is 2. The minimum Gasteiger partial charge on any atom is -0.461 e. The Hall–Kier alpha value is -2.50. The third kappa shape index (κ3) is 3.70. The molecule has 2 aromatic carbocycles. The summed E-state index contributed by atoms with van der Waals surface area (Å²) in [7, 11) is 0. The van der Waals surface area contributed by atoms with Gasteiger partial charge in [0.25, 0.3) is 0 Å².